The number of aryl methyl sites for hydroxylation is 1. The number of carbonyl (C=O) groups is 3. The summed E-state index contributed by atoms with van der Waals surface area (Å²) in [6, 6.07) is 7.88. The number of hydrogen-bond donors (Lipinski definition) is 3. The Morgan fingerprint density at radius 1 is 1.13 bits per heavy atom. The number of fused-ring (bicyclic) bond motifs is 1. The molecule has 0 radical (unpaired) electrons. The van der Waals surface area contributed by atoms with E-state index >= 15 is 0 Å². The Morgan fingerprint density at radius 3 is 2.53 bits per heavy atom. The second-order valence-electron chi connectivity index (χ2n) is 11.1. The second-order valence-corrected chi connectivity index (χ2v) is 11.1. The van der Waals surface area contributed by atoms with Crippen LogP contribution in [-0.2, 0) is 20.7 Å². The zero-order valence-electron chi connectivity index (χ0n) is 22.3. The number of halogens is 1. The van der Waals surface area contributed by atoms with Crippen LogP contribution in [0.15, 0.2) is 36.4 Å². The predicted octanol–water partition coefficient (Wildman–Crippen LogP) is 3.59. The average Bonchev–Trinajstić information content (AvgIpc) is 3.24. The van der Waals surface area contributed by atoms with E-state index in [4.69, 9.17) is 10.5 Å². The normalized spacial score (nSPS) is 21.8. The number of benzene rings is 1. The summed E-state index contributed by atoms with van der Waals surface area (Å²) in [5, 5.41) is 5.78. The fraction of sp³-hybridized carbons (Fsp3) is 0.500. The molecule has 0 spiro atoms. The summed E-state index contributed by atoms with van der Waals surface area (Å²) in [5.74, 6) is -0.714. The van der Waals surface area contributed by atoms with Crippen LogP contribution in [0, 0.1) is 5.82 Å². The zero-order valence-corrected chi connectivity index (χ0v) is 22.3. The average molecular weight is 526 g/mol. The molecular formula is C28H36FN5O4. The first-order chi connectivity index (χ1) is 17.9. The maximum Gasteiger partial charge on any atom is 0.410 e. The van der Waals surface area contributed by atoms with Gasteiger partial charge in [0, 0.05) is 12.2 Å². The molecule has 0 bridgehead atoms. The van der Waals surface area contributed by atoms with Crippen LogP contribution in [0.4, 0.5) is 15.0 Å². The van der Waals surface area contributed by atoms with Crippen molar-refractivity contribution in [2.24, 2.45) is 0 Å². The number of nitrogens with one attached hydrogen (secondary N) is 2. The number of hydrogen-bond acceptors (Lipinski definition) is 6. The Kier molecular flexibility index (Phi) is 7.89. The van der Waals surface area contributed by atoms with Crippen molar-refractivity contribution in [3.8, 4) is 0 Å². The van der Waals surface area contributed by atoms with Gasteiger partial charge in [0.25, 0.3) is 0 Å². The van der Waals surface area contributed by atoms with Gasteiger partial charge >= 0.3 is 6.09 Å². The Labute approximate surface area is 222 Å². The van der Waals surface area contributed by atoms with Crippen LogP contribution in [0.2, 0.25) is 0 Å². The molecule has 1 aromatic heterocycles. The number of amides is 3. The van der Waals surface area contributed by atoms with Crippen LogP contribution < -0.4 is 16.4 Å². The quantitative estimate of drug-likeness (QED) is 0.548. The lowest BCUT2D eigenvalue weighted by Crippen LogP contribution is -2.57. The predicted molar refractivity (Wildman–Crippen MR) is 141 cm³/mol. The molecule has 38 heavy (non-hydrogen) atoms. The molecule has 10 heteroatoms. The maximum absolute atomic E-state index is 13.5. The fourth-order valence-corrected chi connectivity index (χ4v) is 5.10. The fourth-order valence-electron chi connectivity index (χ4n) is 5.10. The van der Waals surface area contributed by atoms with E-state index in [-0.39, 0.29) is 23.7 Å². The number of likely N-dealkylation sites (tertiary alicyclic amines) is 1. The van der Waals surface area contributed by atoms with Gasteiger partial charge in [-0.3, -0.25) is 14.5 Å². The number of nitrogen functional groups attached to an aromatic ring is 1. The molecule has 0 saturated carbocycles. The van der Waals surface area contributed by atoms with E-state index in [1.165, 1.54) is 17.0 Å². The van der Waals surface area contributed by atoms with Crippen LogP contribution in [0.3, 0.4) is 0 Å². The van der Waals surface area contributed by atoms with Gasteiger partial charge in [0.1, 0.15) is 29.3 Å². The van der Waals surface area contributed by atoms with Crippen molar-refractivity contribution in [1.82, 2.24) is 20.5 Å². The highest BCUT2D eigenvalue weighted by Gasteiger charge is 2.39. The van der Waals surface area contributed by atoms with Crippen LogP contribution in [0.1, 0.15) is 75.7 Å². The Bertz CT molecular complexity index is 1200. The minimum absolute atomic E-state index is 0.0518. The third-order valence-electron chi connectivity index (χ3n) is 7.02. The summed E-state index contributed by atoms with van der Waals surface area (Å²) in [4.78, 5) is 45.2. The minimum Gasteiger partial charge on any atom is -0.444 e. The van der Waals surface area contributed by atoms with Crippen molar-refractivity contribution in [3.05, 3.63) is 59.0 Å². The van der Waals surface area contributed by atoms with Crippen LogP contribution >= 0.6 is 0 Å². The van der Waals surface area contributed by atoms with Crippen molar-refractivity contribution >= 4 is 23.7 Å². The molecule has 2 aromatic rings. The van der Waals surface area contributed by atoms with E-state index < -0.39 is 29.7 Å². The van der Waals surface area contributed by atoms with Crippen molar-refractivity contribution in [2.45, 2.75) is 83.0 Å². The number of aromatic nitrogens is 1. The van der Waals surface area contributed by atoms with Crippen molar-refractivity contribution in [1.29, 1.82) is 0 Å². The van der Waals surface area contributed by atoms with Gasteiger partial charge in [0.2, 0.25) is 11.8 Å². The molecule has 1 aromatic carbocycles. The summed E-state index contributed by atoms with van der Waals surface area (Å²) in [5.41, 5.74) is 7.74. The highest BCUT2D eigenvalue weighted by atomic mass is 19.1. The molecule has 1 aliphatic heterocycles. The third-order valence-corrected chi connectivity index (χ3v) is 7.02. The number of anilines is 1. The monoisotopic (exact) mass is 525 g/mol. The van der Waals surface area contributed by atoms with Gasteiger partial charge in [0.05, 0.1) is 6.04 Å². The van der Waals surface area contributed by atoms with E-state index in [1.54, 1.807) is 45.9 Å². The van der Waals surface area contributed by atoms with Gasteiger partial charge in [0.15, 0.2) is 0 Å². The molecule has 1 fully saturated rings. The molecule has 4 atom stereocenters. The number of nitrogens with two attached hydrogens (primary N) is 1. The first-order valence-electron chi connectivity index (χ1n) is 13.0. The molecule has 1 unspecified atom stereocenters. The smallest absolute Gasteiger partial charge is 0.410 e. The van der Waals surface area contributed by atoms with Crippen LogP contribution in [0.25, 0.3) is 0 Å². The lowest BCUT2D eigenvalue weighted by atomic mass is 9.85. The van der Waals surface area contributed by atoms with E-state index in [9.17, 15) is 18.8 Å². The molecule has 204 valence electrons. The summed E-state index contributed by atoms with van der Waals surface area (Å²) in [7, 11) is 0. The number of rotatable bonds is 5. The van der Waals surface area contributed by atoms with E-state index in [1.807, 2.05) is 6.07 Å². The molecule has 2 aliphatic rings. The standard InChI is InChI=1S/C28H36FN5O4/c1-16(25(35)33-22-11-10-21-20(22)9-12-24(30)32-21)31-26(36)23-15-18(17-5-7-19(29)8-6-17)13-14-34(23)27(37)38-28(2,3)4/h5-9,12,16,18,22-23H,10-11,13-15H2,1-4H3,(H2,30,32)(H,31,36)(H,33,35)/t16-,18+,22?,23+/m0/s1. The van der Waals surface area contributed by atoms with E-state index in [2.05, 4.69) is 15.6 Å². The lowest BCUT2D eigenvalue weighted by Gasteiger charge is -2.39. The van der Waals surface area contributed by atoms with Gasteiger partial charge in [-0.05, 0) is 88.6 Å². The van der Waals surface area contributed by atoms with Crippen molar-refractivity contribution in [3.63, 3.8) is 0 Å². The molecule has 1 aliphatic carbocycles. The molecular weight excluding hydrogens is 489 g/mol. The Hall–Kier alpha value is -3.69. The second kappa shape index (κ2) is 11.0. The lowest BCUT2D eigenvalue weighted by molar-refractivity contribution is -0.132. The summed E-state index contributed by atoms with van der Waals surface area (Å²) in [6.07, 6.45) is 1.76. The van der Waals surface area contributed by atoms with Gasteiger partial charge in [-0.2, -0.15) is 0 Å². The SMILES string of the molecule is C[C@H](NC(=O)[C@H]1C[C@H](c2ccc(F)cc2)CCN1C(=O)OC(C)(C)C)C(=O)NC1CCc2nc(N)ccc21. The number of ether oxygens (including phenoxy) is 1. The first-order valence-corrected chi connectivity index (χ1v) is 13.0. The molecule has 9 nitrogen and oxygen atoms in total. The third kappa shape index (κ3) is 6.41. The molecule has 4 N–H and O–H groups in total. The minimum atomic E-state index is -0.844. The first kappa shape index (κ1) is 27.3. The maximum atomic E-state index is 13.5. The van der Waals surface area contributed by atoms with Crippen molar-refractivity contribution < 1.29 is 23.5 Å². The zero-order chi connectivity index (χ0) is 27.6. The molecule has 2 heterocycles. The van der Waals surface area contributed by atoms with Gasteiger partial charge < -0.3 is 21.1 Å². The van der Waals surface area contributed by atoms with E-state index in [0.29, 0.717) is 38.0 Å². The molecule has 1 saturated heterocycles. The Morgan fingerprint density at radius 2 is 1.84 bits per heavy atom. The molecule has 4 rings (SSSR count). The summed E-state index contributed by atoms with van der Waals surface area (Å²) >= 11 is 0. The Balaban J connectivity index is 1.45. The largest absolute Gasteiger partial charge is 0.444 e. The number of nitrogens with zero attached hydrogens (tertiary/aromatic N) is 2. The van der Waals surface area contributed by atoms with Gasteiger partial charge in [-0.25, -0.2) is 14.2 Å². The summed E-state index contributed by atoms with van der Waals surface area (Å²) in [6.45, 7) is 7.21. The topological polar surface area (TPSA) is 127 Å². The highest BCUT2D eigenvalue weighted by molar-refractivity contribution is 5.91. The van der Waals surface area contributed by atoms with Gasteiger partial charge in [-0.15, -0.1) is 0 Å². The molecule has 3 amide bonds. The van der Waals surface area contributed by atoms with Crippen LogP contribution in [-0.4, -0.2) is 52.0 Å². The number of carbonyl (C=O) groups excluding carboxylic acids is 3. The van der Waals surface area contributed by atoms with E-state index in [0.717, 1.165) is 16.8 Å². The van der Waals surface area contributed by atoms with Crippen LogP contribution in [0.5, 0.6) is 0 Å². The summed E-state index contributed by atoms with van der Waals surface area (Å²) < 4.78 is 19.0. The number of piperidine rings is 1. The van der Waals surface area contributed by atoms with Gasteiger partial charge in [-0.1, -0.05) is 18.2 Å². The number of pyridine rings is 1. The van der Waals surface area contributed by atoms with Crippen molar-refractivity contribution in [2.75, 3.05) is 12.3 Å². The highest BCUT2D eigenvalue weighted by Crippen LogP contribution is 2.33.